The number of thioether (sulfide) groups is 1. The molecular formula is C11H21NO3S. The van der Waals surface area contributed by atoms with Crippen molar-refractivity contribution in [3.63, 3.8) is 0 Å². The molecule has 0 aliphatic carbocycles. The number of aliphatic carboxylic acids is 1. The van der Waals surface area contributed by atoms with Gasteiger partial charge in [0.05, 0.1) is 19.1 Å². The monoisotopic (exact) mass is 247 g/mol. The van der Waals surface area contributed by atoms with Gasteiger partial charge in [0, 0.05) is 6.04 Å². The maximum absolute atomic E-state index is 11.0. The molecule has 0 bridgehead atoms. The number of rotatable bonds is 7. The highest BCUT2D eigenvalue weighted by Crippen LogP contribution is 2.19. The number of carboxylic acids is 1. The SMILES string of the molecule is CSCCCCN(C)C1COCC1C(=O)O. The number of likely N-dealkylation sites (N-methyl/N-ethyl adjacent to an activating group) is 1. The van der Waals surface area contributed by atoms with Crippen LogP contribution in [0.25, 0.3) is 0 Å². The van der Waals surface area contributed by atoms with Gasteiger partial charge in [-0.15, -0.1) is 0 Å². The maximum Gasteiger partial charge on any atom is 0.310 e. The molecule has 2 unspecified atom stereocenters. The quantitative estimate of drug-likeness (QED) is 0.684. The maximum atomic E-state index is 11.0. The standard InChI is InChI=1S/C11H21NO3S/c1-12(5-3-4-6-16-2)10-8-15-7-9(10)11(13)14/h9-10H,3-8H2,1-2H3,(H,13,14). The molecule has 1 heterocycles. The van der Waals surface area contributed by atoms with E-state index in [9.17, 15) is 4.79 Å². The fraction of sp³-hybridized carbons (Fsp3) is 0.909. The summed E-state index contributed by atoms with van der Waals surface area (Å²) in [5.41, 5.74) is 0. The molecule has 4 nitrogen and oxygen atoms in total. The second kappa shape index (κ2) is 7.14. The Labute approximate surface area is 101 Å². The molecule has 94 valence electrons. The van der Waals surface area contributed by atoms with E-state index in [1.54, 1.807) is 0 Å². The van der Waals surface area contributed by atoms with E-state index < -0.39 is 5.97 Å². The number of hydrogen-bond donors (Lipinski definition) is 1. The fourth-order valence-corrected chi connectivity index (χ4v) is 2.48. The van der Waals surface area contributed by atoms with Gasteiger partial charge in [-0.1, -0.05) is 0 Å². The van der Waals surface area contributed by atoms with Crippen molar-refractivity contribution in [1.29, 1.82) is 0 Å². The van der Waals surface area contributed by atoms with Crippen molar-refractivity contribution in [2.24, 2.45) is 5.92 Å². The van der Waals surface area contributed by atoms with E-state index in [-0.39, 0.29) is 12.0 Å². The number of nitrogens with zero attached hydrogens (tertiary/aromatic N) is 1. The van der Waals surface area contributed by atoms with Gasteiger partial charge in [0.25, 0.3) is 0 Å². The van der Waals surface area contributed by atoms with Crippen LogP contribution in [0.1, 0.15) is 12.8 Å². The summed E-state index contributed by atoms with van der Waals surface area (Å²) >= 11 is 1.85. The zero-order valence-corrected chi connectivity index (χ0v) is 10.8. The van der Waals surface area contributed by atoms with E-state index in [0.29, 0.717) is 13.2 Å². The van der Waals surface area contributed by atoms with Gasteiger partial charge < -0.3 is 14.7 Å². The first kappa shape index (κ1) is 13.8. The third-order valence-electron chi connectivity index (χ3n) is 3.04. The zero-order valence-electron chi connectivity index (χ0n) is 10.0. The first-order valence-electron chi connectivity index (χ1n) is 5.66. The summed E-state index contributed by atoms with van der Waals surface area (Å²) in [6, 6.07) is 0.0479. The lowest BCUT2D eigenvalue weighted by Gasteiger charge is -2.25. The van der Waals surface area contributed by atoms with Gasteiger partial charge in [0.1, 0.15) is 0 Å². The van der Waals surface area contributed by atoms with Gasteiger partial charge in [-0.25, -0.2) is 0 Å². The van der Waals surface area contributed by atoms with Gasteiger partial charge >= 0.3 is 5.97 Å². The Morgan fingerprint density at radius 1 is 1.50 bits per heavy atom. The second-order valence-electron chi connectivity index (χ2n) is 4.23. The molecule has 0 aromatic carbocycles. The minimum Gasteiger partial charge on any atom is -0.481 e. The summed E-state index contributed by atoms with van der Waals surface area (Å²) in [6.07, 6.45) is 4.42. The Kier molecular flexibility index (Phi) is 6.16. The van der Waals surface area contributed by atoms with Gasteiger partial charge in [-0.2, -0.15) is 11.8 Å². The van der Waals surface area contributed by atoms with Crippen LogP contribution in [-0.2, 0) is 9.53 Å². The molecule has 16 heavy (non-hydrogen) atoms. The molecule has 1 aliphatic heterocycles. The van der Waals surface area contributed by atoms with Crippen LogP contribution >= 0.6 is 11.8 Å². The predicted molar refractivity (Wildman–Crippen MR) is 66.0 cm³/mol. The zero-order chi connectivity index (χ0) is 12.0. The summed E-state index contributed by atoms with van der Waals surface area (Å²) in [6.45, 7) is 1.86. The lowest BCUT2D eigenvalue weighted by Crippen LogP contribution is -2.41. The van der Waals surface area contributed by atoms with Crippen LogP contribution in [0.2, 0.25) is 0 Å². The Balaban J connectivity index is 2.29. The Morgan fingerprint density at radius 3 is 2.88 bits per heavy atom. The molecule has 1 saturated heterocycles. The summed E-state index contributed by atoms with van der Waals surface area (Å²) in [5.74, 6) is 0.0844. The van der Waals surface area contributed by atoms with E-state index in [2.05, 4.69) is 11.2 Å². The number of unbranched alkanes of at least 4 members (excludes halogenated alkanes) is 1. The van der Waals surface area contributed by atoms with Crippen molar-refractivity contribution < 1.29 is 14.6 Å². The van der Waals surface area contributed by atoms with Gasteiger partial charge in [0.2, 0.25) is 0 Å². The minimum absolute atomic E-state index is 0.0479. The van der Waals surface area contributed by atoms with E-state index in [0.717, 1.165) is 13.0 Å². The van der Waals surface area contributed by atoms with Crippen LogP contribution in [0, 0.1) is 5.92 Å². The topological polar surface area (TPSA) is 49.8 Å². The Morgan fingerprint density at radius 2 is 2.25 bits per heavy atom. The van der Waals surface area contributed by atoms with Crippen LogP contribution in [0.3, 0.4) is 0 Å². The smallest absolute Gasteiger partial charge is 0.310 e. The van der Waals surface area contributed by atoms with Crippen molar-refractivity contribution in [2.45, 2.75) is 18.9 Å². The number of carbonyl (C=O) groups is 1. The molecule has 1 N–H and O–H groups in total. The lowest BCUT2D eigenvalue weighted by atomic mass is 10.0. The number of carboxylic acid groups (broad SMARTS) is 1. The fourth-order valence-electron chi connectivity index (χ4n) is 1.99. The molecule has 1 rings (SSSR count). The second-order valence-corrected chi connectivity index (χ2v) is 5.22. The lowest BCUT2D eigenvalue weighted by molar-refractivity contribution is -0.143. The third-order valence-corrected chi connectivity index (χ3v) is 3.74. The molecule has 0 spiro atoms. The molecule has 1 aliphatic rings. The number of hydrogen-bond acceptors (Lipinski definition) is 4. The minimum atomic E-state index is -0.738. The molecule has 0 radical (unpaired) electrons. The molecule has 0 saturated carbocycles. The van der Waals surface area contributed by atoms with E-state index in [1.165, 1.54) is 12.2 Å². The van der Waals surface area contributed by atoms with Crippen molar-refractivity contribution in [1.82, 2.24) is 4.90 Å². The normalized spacial score (nSPS) is 25.2. The predicted octanol–water partition coefficient (Wildman–Crippen LogP) is 1.16. The number of ether oxygens (including phenoxy) is 1. The summed E-state index contributed by atoms with van der Waals surface area (Å²) in [4.78, 5) is 13.1. The van der Waals surface area contributed by atoms with E-state index >= 15 is 0 Å². The largest absolute Gasteiger partial charge is 0.481 e. The van der Waals surface area contributed by atoms with Crippen LogP contribution in [0.4, 0.5) is 0 Å². The van der Waals surface area contributed by atoms with Crippen LogP contribution in [-0.4, -0.2) is 60.8 Å². The van der Waals surface area contributed by atoms with Crippen molar-refractivity contribution in [3.8, 4) is 0 Å². The molecule has 2 atom stereocenters. The average Bonchev–Trinajstić information content (AvgIpc) is 2.73. The van der Waals surface area contributed by atoms with Crippen molar-refractivity contribution in [2.75, 3.05) is 38.8 Å². The summed E-state index contributed by atoms with van der Waals surface area (Å²) in [7, 11) is 1.99. The first-order chi connectivity index (χ1) is 7.66. The van der Waals surface area contributed by atoms with E-state index in [4.69, 9.17) is 9.84 Å². The van der Waals surface area contributed by atoms with Gasteiger partial charge in [0.15, 0.2) is 0 Å². The van der Waals surface area contributed by atoms with Gasteiger partial charge in [-0.3, -0.25) is 4.79 Å². The highest BCUT2D eigenvalue weighted by molar-refractivity contribution is 7.98. The average molecular weight is 247 g/mol. The Bertz CT molecular complexity index is 225. The van der Waals surface area contributed by atoms with Crippen molar-refractivity contribution >= 4 is 17.7 Å². The molecule has 0 amide bonds. The van der Waals surface area contributed by atoms with E-state index in [1.807, 2.05) is 18.8 Å². The van der Waals surface area contributed by atoms with Crippen LogP contribution < -0.4 is 0 Å². The molecule has 5 heteroatoms. The highest BCUT2D eigenvalue weighted by atomic mass is 32.2. The third kappa shape index (κ3) is 3.96. The molecule has 0 aromatic heterocycles. The van der Waals surface area contributed by atoms with Gasteiger partial charge in [-0.05, 0) is 38.4 Å². The molecule has 0 aromatic rings. The molecule has 1 fully saturated rings. The van der Waals surface area contributed by atoms with Crippen molar-refractivity contribution in [3.05, 3.63) is 0 Å². The highest BCUT2D eigenvalue weighted by Gasteiger charge is 2.36. The molecular weight excluding hydrogens is 226 g/mol. The van der Waals surface area contributed by atoms with Crippen LogP contribution in [0.15, 0.2) is 0 Å². The van der Waals surface area contributed by atoms with Crippen LogP contribution in [0.5, 0.6) is 0 Å². The first-order valence-corrected chi connectivity index (χ1v) is 7.06. The Hall–Kier alpha value is -0.260. The summed E-state index contributed by atoms with van der Waals surface area (Å²) in [5, 5.41) is 9.03. The summed E-state index contributed by atoms with van der Waals surface area (Å²) < 4.78 is 5.25.